The first-order valence-electron chi connectivity index (χ1n) is 20.2. The fourth-order valence-corrected chi connectivity index (χ4v) is 8.57. The van der Waals surface area contributed by atoms with Crippen molar-refractivity contribution in [2.24, 2.45) is 0 Å². The van der Waals surface area contributed by atoms with Gasteiger partial charge in [-0.3, -0.25) is 9.59 Å². The Morgan fingerprint density at radius 3 is 1.15 bits per heavy atom. The van der Waals surface area contributed by atoms with E-state index < -0.39 is 0 Å². The number of hydrogen-bond donors (Lipinski definition) is 0. The van der Waals surface area contributed by atoms with E-state index in [2.05, 4.69) is 121 Å². The second kappa shape index (κ2) is 17.6. The maximum absolute atomic E-state index is 11.6. The van der Waals surface area contributed by atoms with E-state index in [9.17, 15) is 9.59 Å². The molecule has 55 heavy (non-hydrogen) atoms. The van der Waals surface area contributed by atoms with Crippen LogP contribution in [-0.2, 0) is 5.41 Å². The molecule has 0 radical (unpaired) electrons. The highest BCUT2D eigenvalue weighted by molar-refractivity contribution is 5.89. The van der Waals surface area contributed by atoms with Crippen LogP contribution in [-0.4, -0.2) is 12.6 Å². The molecule has 0 spiro atoms. The summed E-state index contributed by atoms with van der Waals surface area (Å²) in [5, 5.41) is 0. The number of unbranched alkanes of at least 4 members (excludes halogenated alkanes) is 6. The molecule has 0 amide bonds. The molecule has 7 rings (SSSR count). The van der Waals surface area contributed by atoms with E-state index in [1.165, 1.54) is 73.6 Å². The smallest absolute Gasteiger partial charge is 0.150 e. The Hall–Kier alpha value is -5.74. The van der Waals surface area contributed by atoms with Gasteiger partial charge in [-0.05, 0) is 132 Å². The lowest BCUT2D eigenvalue weighted by atomic mass is 9.70. The fourth-order valence-electron chi connectivity index (χ4n) is 8.57. The maximum Gasteiger partial charge on any atom is 0.150 e. The molecule has 0 heterocycles. The highest BCUT2D eigenvalue weighted by atomic mass is 16.1. The van der Waals surface area contributed by atoms with Gasteiger partial charge in [-0.15, -0.1) is 0 Å². The van der Waals surface area contributed by atoms with Crippen LogP contribution in [0.1, 0.15) is 110 Å². The first kappa shape index (κ1) is 37.6. The lowest BCUT2D eigenvalue weighted by Gasteiger charge is -2.35. The van der Waals surface area contributed by atoms with E-state index in [1.807, 2.05) is 48.5 Å². The molecule has 0 bridgehead atoms. The Balaban J connectivity index is 1.41. The minimum atomic E-state index is -0.161. The highest BCUT2D eigenvalue weighted by Crippen LogP contribution is 2.57. The van der Waals surface area contributed by atoms with Gasteiger partial charge in [0.25, 0.3) is 0 Å². The lowest BCUT2D eigenvalue weighted by molar-refractivity contribution is 0.111. The molecule has 0 fully saturated rings. The normalized spacial score (nSPS) is 12.5. The number of benzene rings is 6. The molecule has 0 saturated heterocycles. The molecule has 278 valence electrons. The summed E-state index contributed by atoms with van der Waals surface area (Å²) in [4.78, 5) is 27.9. The number of nitrogens with zero attached hydrogens (tertiary/aromatic N) is 2. The summed E-state index contributed by atoms with van der Waals surface area (Å²) in [5.74, 6) is 0. The minimum absolute atomic E-state index is 0.161. The van der Waals surface area contributed by atoms with E-state index >= 15 is 0 Å². The minimum Gasteiger partial charge on any atom is -0.310 e. The summed E-state index contributed by atoms with van der Waals surface area (Å²) in [6.45, 7) is 4.58. The van der Waals surface area contributed by atoms with Crippen molar-refractivity contribution in [1.82, 2.24) is 0 Å². The van der Waals surface area contributed by atoms with Gasteiger partial charge in [0.1, 0.15) is 12.6 Å². The lowest BCUT2D eigenvalue weighted by Crippen LogP contribution is -2.26. The summed E-state index contributed by atoms with van der Waals surface area (Å²) in [6.07, 6.45) is 13.6. The maximum atomic E-state index is 11.6. The molecule has 0 aromatic heterocycles. The van der Waals surface area contributed by atoms with Crippen LogP contribution in [0.25, 0.3) is 11.1 Å². The van der Waals surface area contributed by atoms with Crippen LogP contribution in [0.3, 0.4) is 0 Å². The molecule has 0 aliphatic heterocycles. The molecule has 0 unspecified atom stereocenters. The Labute approximate surface area is 327 Å². The monoisotopic (exact) mass is 724 g/mol. The third-order valence-electron chi connectivity index (χ3n) is 11.4. The Morgan fingerprint density at radius 2 is 0.782 bits per heavy atom. The van der Waals surface area contributed by atoms with E-state index in [1.54, 1.807) is 0 Å². The first-order chi connectivity index (χ1) is 27.1. The molecule has 6 aromatic carbocycles. The molecule has 6 aromatic rings. The van der Waals surface area contributed by atoms with Crippen molar-refractivity contribution in [2.75, 3.05) is 9.80 Å². The average Bonchev–Trinajstić information content (AvgIpc) is 3.50. The number of anilines is 6. The van der Waals surface area contributed by atoms with Gasteiger partial charge in [-0.1, -0.05) is 114 Å². The molecule has 1 aliphatic rings. The van der Waals surface area contributed by atoms with Crippen LogP contribution in [0.2, 0.25) is 0 Å². The van der Waals surface area contributed by atoms with Crippen LogP contribution < -0.4 is 9.80 Å². The number of carbonyl (C=O) groups is 2. The van der Waals surface area contributed by atoms with Crippen molar-refractivity contribution < 1.29 is 9.59 Å². The predicted octanol–water partition coefficient (Wildman–Crippen LogP) is 14.5. The van der Waals surface area contributed by atoms with Gasteiger partial charge in [-0.25, -0.2) is 0 Å². The van der Waals surface area contributed by atoms with E-state index in [0.29, 0.717) is 11.1 Å². The van der Waals surface area contributed by atoms with Gasteiger partial charge in [-0.2, -0.15) is 0 Å². The largest absolute Gasteiger partial charge is 0.310 e. The Bertz CT molecular complexity index is 2020. The molecular weight excluding hydrogens is 673 g/mol. The van der Waals surface area contributed by atoms with Gasteiger partial charge < -0.3 is 9.80 Å². The summed E-state index contributed by atoms with van der Waals surface area (Å²) >= 11 is 0. The van der Waals surface area contributed by atoms with Crippen LogP contribution in [0.15, 0.2) is 146 Å². The van der Waals surface area contributed by atoms with Crippen molar-refractivity contribution >= 4 is 46.7 Å². The zero-order valence-electron chi connectivity index (χ0n) is 32.3. The topological polar surface area (TPSA) is 40.6 Å². The molecule has 4 nitrogen and oxygen atoms in total. The summed E-state index contributed by atoms with van der Waals surface area (Å²) < 4.78 is 0. The van der Waals surface area contributed by atoms with Crippen molar-refractivity contribution in [3.05, 3.63) is 168 Å². The Kier molecular flexibility index (Phi) is 12.0. The number of hydrogen-bond acceptors (Lipinski definition) is 4. The van der Waals surface area contributed by atoms with Gasteiger partial charge >= 0.3 is 0 Å². The highest BCUT2D eigenvalue weighted by Gasteiger charge is 2.43. The summed E-state index contributed by atoms with van der Waals surface area (Å²) in [7, 11) is 0. The van der Waals surface area contributed by atoms with Crippen molar-refractivity contribution in [3.8, 4) is 11.1 Å². The van der Waals surface area contributed by atoms with Crippen LogP contribution >= 0.6 is 0 Å². The number of rotatable bonds is 18. The second-order valence-electron chi connectivity index (χ2n) is 14.9. The third kappa shape index (κ3) is 7.91. The number of fused-ring (bicyclic) bond motifs is 3. The molecule has 4 heteroatoms. The van der Waals surface area contributed by atoms with Gasteiger partial charge in [0.2, 0.25) is 0 Å². The van der Waals surface area contributed by atoms with Crippen molar-refractivity contribution in [3.63, 3.8) is 0 Å². The van der Waals surface area contributed by atoms with Crippen molar-refractivity contribution in [2.45, 2.75) is 83.5 Å². The van der Waals surface area contributed by atoms with Gasteiger partial charge in [0, 0.05) is 50.7 Å². The van der Waals surface area contributed by atoms with Crippen molar-refractivity contribution in [1.29, 1.82) is 0 Å². The van der Waals surface area contributed by atoms with E-state index in [0.717, 1.165) is 59.5 Å². The molecular formula is C51H52N2O2. The van der Waals surface area contributed by atoms with Crippen LogP contribution in [0.4, 0.5) is 34.1 Å². The fraction of sp³-hybridized carbons (Fsp3) is 0.255. The van der Waals surface area contributed by atoms with Crippen LogP contribution in [0.5, 0.6) is 0 Å². The number of aldehydes is 2. The van der Waals surface area contributed by atoms with Gasteiger partial charge in [0.15, 0.2) is 0 Å². The summed E-state index contributed by atoms with van der Waals surface area (Å²) in [5.41, 5.74) is 13.1. The van der Waals surface area contributed by atoms with E-state index in [4.69, 9.17) is 0 Å². The Morgan fingerprint density at radius 1 is 0.418 bits per heavy atom. The molecule has 0 N–H and O–H groups in total. The summed E-state index contributed by atoms with van der Waals surface area (Å²) in [6, 6.07) is 51.1. The third-order valence-corrected chi connectivity index (χ3v) is 11.4. The quantitative estimate of drug-likeness (QED) is 0.0654. The predicted molar refractivity (Wildman–Crippen MR) is 230 cm³/mol. The van der Waals surface area contributed by atoms with Crippen LogP contribution in [0, 0.1) is 0 Å². The molecule has 0 saturated carbocycles. The zero-order chi connectivity index (χ0) is 38.0. The molecule has 0 atom stereocenters. The van der Waals surface area contributed by atoms with Gasteiger partial charge in [0.05, 0.1) is 0 Å². The second-order valence-corrected chi connectivity index (χ2v) is 14.9. The SMILES string of the molecule is CCCCCCC1(CCCCCC)c2cc(N(c3ccccc3)c3ccc(C=O)cc3)ccc2-c2ccc(N(c3ccccc3)c3ccc(C=O)cc3)cc21. The zero-order valence-corrected chi connectivity index (χ0v) is 32.3. The molecule has 1 aliphatic carbocycles. The first-order valence-corrected chi connectivity index (χ1v) is 20.2. The van der Waals surface area contributed by atoms with E-state index in [-0.39, 0.29) is 5.41 Å². The number of para-hydroxylation sites is 2. The average molecular weight is 725 g/mol. The number of carbonyl (C=O) groups excluding carboxylic acids is 2. The standard InChI is InChI=1S/C51H52N2O2/c1-3-5-7-15-33-51(34-16-8-6-4-2)49-35-45(52(41-17-11-9-12-18-41)43-25-21-39(37-54)22-26-43)29-31-47(49)48-32-30-46(36-50(48)51)53(42-19-13-10-14-20-42)44-27-23-40(38-55)24-28-44/h9-14,17-32,35-38H,3-8,15-16,33-34H2,1-2H3.